The highest BCUT2D eigenvalue weighted by molar-refractivity contribution is 5.21. The van der Waals surface area contributed by atoms with Crippen LogP contribution in [-0.2, 0) is 0 Å². The van der Waals surface area contributed by atoms with Crippen molar-refractivity contribution < 1.29 is 4.42 Å². The van der Waals surface area contributed by atoms with Crippen molar-refractivity contribution in [3.8, 4) is 0 Å². The molecule has 0 amide bonds. The van der Waals surface area contributed by atoms with E-state index in [-0.39, 0.29) is 0 Å². The van der Waals surface area contributed by atoms with Gasteiger partial charge in [-0.1, -0.05) is 26.7 Å². The molecule has 1 unspecified atom stereocenters. The summed E-state index contributed by atoms with van der Waals surface area (Å²) in [5.74, 6) is 4.69. The van der Waals surface area contributed by atoms with Gasteiger partial charge in [-0.05, 0) is 103 Å². The van der Waals surface area contributed by atoms with Crippen molar-refractivity contribution in [1.29, 1.82) is 0 Å². The molecule has 4 fully saturated rings. The van der Waals surface area contributed by atoms with Crippen molar-refractivity contribution in [3.63, 3.8) is 0 Å². The quantitative estimate of drug-likeness (QED) is 0.553. The zero-order valence-corrected chi connectivity index (χ0v) is 15.6. The molecule has 5 rings (SSSR count). The molecular weight excluding hydrogens is 292 g/mol. The Kier molecular flexibility index (Phi) is 3.48. The summed E-state index contributed by atoms with van der Waals surface area (Å²) in [6.45, 7) is 5.32. The summed E-state index contributed by atoms with van der Waals surface area (Å²) in [6, 6.07) is 2.26. The van der Waals surface area contributed by atoms with Crippen LogP contribution in [0.15, 0.2) is 23.0 Å². The Morgan fingerprint density at radius 2 is 1.83 bits per heavy atom. The van der Waals surface area contributed by atoms with Crippen LogP contribution in [0.3, 0.4) is 0 Å². The van der Waals surface area contributed by atoms with Crippen LogP contribution in [0.25, 0.3) is 0 Å². The van der Waals surface area contributed by atoms with Gasteiger partial charge >= 0.3 is 0 Å². The van der Waals surface area contributed by atoms with Gasteiger partial charge in [-0.2, -0.15) is 0 Å². The van der Waals surface area contributed by atoms with Crippen LogP contribution in [0.1, 0.15) is 89.5 Å². The Hall–Kier alpha value is -0.720. The maximum atomic E-state index is 5.48. The zero-order chi connectivity index (χ0) is 16.4. The molecule has 0 N–H and O–H groups in total. The smallest absolute Gasteiger partial charge is 0.0937 e. The maximum absolute atomic E-state index is 5.48. The molecule has 0 aromatic carbocycles. The van der Waals surface area contributed by atoms with Gasteiger partial charge in [0.25, 0.3) is 0 Å². The van der Waals surface area contributed by atoms with Crippen molar-refractivity contribution in [2.45, 2.75) is 84.0 Å². The standard InChI is InChI=1S/C23H34O/c1-22-12-8-18(16-10-14-24-15-16)21(22)19-7-6-17-5-3-4-11-23(17,2)20(19)9-13-22/h10,14-15,17-21H,3-9,11-13H2,1-2H3/t17-,18?,19+,20-,21-,22-,23-/m0/s1. The SMILES string of the molecule is C[C@@]12CCC(c3ccoc3)[C@H]1[C@@H]1CC[C@@H]3CCCC[C@]3(C)[C@H]1CC2. The second-order valence-corrected chi connectivity index (χ2v) is 10.2. The van der Waals surface area contributed by atoms with Gasteiger partial charge in [-0.25, -0.2) is 0 Å². The lowest BCUT2D eigenvalue weighted by Crippen LogP contribution is -2.52. The first-order chi connectivity index (χ1) is 11.6. The number of rotatable bonds is 1. The molecule has 132 valence electrons. The fourth-order valence-electron chi connectivity index (χ4n) is 8.22. The van der Waals surface area contributed by atoms with Crippen molar-refractivity contribution in [2.75, 3.05) is 0 Å². The second-order valence-electron chi connectivity index (χ2n) is 10.2. The average Bonchev–Trinajstić information content (AvgIpc) is 3.21. The summed E-state index contributed by atoms with van der Waals surface area (Å²) < 4.78 is 5.48. The topological polar surface area (TPSA) is 13.1 Å². The molecule has 1 aromatic heterocycles. The third-order valence-electron chi connectivity index (χ3n) is 9.39. The lowest BCUT2D eigenvalue weighted by molar-refractivity contribution is -0.106. The Bertz CT molecular complexity index is 589. The van der Waals surface area contributed by atoms with Gasteiger partial charge in [0.2, 0.25) is 0 Å². The minimum atomic E-state index is 0.598. The molecule has 1 heterocycles. The van der Waals surface area contributed by atoms with E-state index >= 15 is 0 Å². The average molecular weight is 327 g/mol. The summed E-state index contributed by atoms with van der Waals surface area (Å²) in [5, 5.41) is 0. The van der Waals surface area contributed by atoms with E-state index in [1.807, 2.05) is 12.5 Å². The molecule has 0 radical (unpaired) electrons. The van der Waals surface area contributed by atoms with Gasteiger partial charge in [-0.3, -0.25) is 0 Å². The van der Waals surface area contributed by atoms with E-state index < -0.39 is 0 Å². The molecule has 4 aliphatic carbocycles. The molecule has 4 saturated carbocycles. The molecular formula is C23H34O. The Morgan fingerprint density at radius 3 is 2.67 bits per heavy atom. The zero-order valence-electron chi connectivity index (χ0n) is 15.6. The molecule has 4 aliphatic rings. The van der Waals surface area contributed by atoms with Gasteiger partial charge in [0.05, 0.1) is 12.5 Å². The third-order valence-corrected chi connectivity index (χ3v) is 9.39. The summed E-state index contributed by atoms with van der Waals surface area (Å²) in [4.78, 5) is 0. The largest absolute Gasteiger partial charge is 0.472 e. The van der Waals surface area contributed by atoms with Crippen LogP contribution < -0.4 is 0 Å². The monoisotopic (exact) mass is 326 g/mol. The fraction of sp³-hybridized carbons (Fsp3) is 0.826. The Balaban J connectivity index is 1.51. The first-order valence-corrected chi connectivity index (χ1v) is 10.6. The number of fused-ring (bicyclic) bond motifs is 5. The van der Waals surface area contributed by atoms with Crippen LogP contribution in [0, 0.1) is 34.5 Å². The molecule has 24 heavy (non-hydrogen) atoms. The molecule has 1 heteroatoms. The molecule has 0 saturated heterocycles. The number of hydrogen-bond donors (Lipinski definition) is 0. The van der Waals surface area contributed by atoms with Gasteiger partial charge in [0.1, 0.15) is 0 Å². The first kappa shape index (κ1) is 15.5. The predicted octanol–water partition coefficient (Wildman–Crippen LogP) is 6.80. The van der Waals surface area contributed by atoms with Crippen molar-refractivity contribution in [3.05, 3.63) is 24.2 Å². The Labute approximate surface area is 147 Å². The van der Waals surface area contributed by atoms with Crippen molar-refractivity contribution in [1.82, 2.24) is 0 Å². The maximum Gasteiger partial charge on any atom is 0.0937 e. The van der Waals surface area contributed by atoms with Gasteiger partial charge in [0, 0.05) is 0 Å². The highest BCUT2D eigenvalue weighted by Crippen LogP contribution is 2.68. The van der Waals surface area contributed by atoms with Crippen LogP contribution in [0.5, 0.6) is 0 Å². The minimum Gasteiger partial charge on any atom is -0.472 e. The molecule has 0 spiro atoms. The third kappa shape index (κ3) is 2.05. The predicted molar refractivity (Wildman–Crippen MR) is 97.8 cm³/mol. The second kappa shape index (κ2) is 5.39. The Morgan fingerprint density at radius 1 is 0.958 bits per heavy atom. The number of hydrogen-bond acceptors (Lipinski definition) is 1. The van der Waals surface area contributed by atoms with Crippen LogP contribution in [-0.4, -0.2) is 0 Å². The van der Waals surface area contributed by atoms with Gasteiger partial charge in [0.15, 0.2) is 0 Å². The lowest BCUT2D eigenvalue weighted by atomic mass is 9.44. The highest BCUT2D eigenvalue weighted by Gasteiger charge is 2.59. The van der Waals surface area contributed by atoms with E-state index in [2.05, 4.69) is 19.9 Å². The normalized spacial score (nSPS) is 50.8. The van der Waals surface area contributed by atoms with Crippen LogP contribution in [0.2, 0.25) is 0 Å². The van der Waals surface area contributed by atoms with Crippen LogP contribution >= 0.6 is 0 Å². The van der Waals surface area contributed by atoms with Gasteiger partial charge in [-0.15, -0.1) is 0 Å². The first-order valence-electron chi connectivity index (χ1n) is 10.6. The van der Waals surface area contributed by atoms with Crippen molar-refractivity contribution in [2.24, 2.45) is 34.5 Å². The van der Waals surface area contributed by atoms with Gasteiger partial charge < -0.3 is 4.42 Å². The van der Waals surface area contributed by atoms with E-state index in [9.17, 15) is 0 Å². The van der Waals surface area contributed by atoms with Crippen LogP contribution in [0.4, 0.5) is 0 Å². The van der Waals surface area contributed by atoms with E-state index in [0.717, 1.165) is 29.6 Å². The number of furan rings is 1. The summed E-state index contributed by atoms with van der Waals surface area (Å²) in [5.41, 5.74) is 2.76. The summed E-state index contributed by atoms with van der Waals surface area (Å²) in [6.07, 6.45) is 18.8. The minimum absolute atomic E-state index is 0.598. The summed E-state index contributed by atoms with van der Waals surface area (Å²) in [7, 11) is 0. The highest BCUT2D eigenvalue weighted by atomic mass is 16.3. The molecule has 1 aromatic rings. The van der Waals surface area contributed by atoms with Crippen molar-refractivity contribution >= 4 is 0 Å². The molecule has 0 aliphatic heterocycles. The fourth-order valence-corrected chi connectivity index (χ4v) is 8.22. The lowest BCUT2D eigenvalue weighted by Gasteiger charge is -2.60. The van der Waals surface area contributed by atoms with E-state index in [4.69, 9.17) is 4.42 Å². The molecule has 0 bridgehead atoms. The van der Waals surface area contributed by atoms with E-state index in [1.54, 1.807) is 0 Å². The molecule has 1 nitrogen and oxygen atoms in total. The van der Waals surface area contributed by atoms with E-state index in [0.29, 0.717) is 10.8 Å². The van der Waals surface area contributed by atoms with E-state index in [1.165, 1.54) is 69.8 Å². The molecule has 7 atom stereocenters. The summed E-state index contributed by atoms with van der Waals surface area (Å²) >= 11 is 0.